The third-order valence-corrected chi connectivity index (χ3v) is 5.74. The van der Waals surface area contributed by atoms with E-state index in [1.807, 2.05) is 35.2 Å². The van der Waals surface area contributed by atoms with Gasteiger partial charge in [0.1, 0.15) is 0 Å². The molecule has 3 atom stereocenters. The molecule has 1 aromatic carbocycles. The molecule has 3 rings (SSSR count). The van der Waals surface area contributed by atoms with E-state index in [0.29, 0.717) is 28.9 Å². The summed E-state index contributed by atoms with van der Waals surface area (Å²) in [5.41, 5.74) is 6.81. The highest BCUT2D eigenvalue weighted by atomic mass is 35.5. The molecule has 0 bridgehead atoms. The maximum Gasteiger partial charge on any atom is 0.232 e. The summed E-state index contributed by atoms with van der Waals surface area (Å²) in [4.78, 5) is 26.2. The van der Waals surface area contributed by atoms with Gasteiger partial charge in [-0.2, -0.15) is 0 Å². The van der Waals surface area contributed by atoms with Gasteiger partial charge >= 0.3 is 0 Å². The van der Waals surface area contributed by atoms with E-state index in [0.717, 1.165) is 25.9 Å². The largest absolute Gasteiger partial charge is 0.341 e. The lowest BCUT2D eigenvalue weighted by Gasteiger charge is -2.18. The second-order valence-corrected chi connectivity index (χ2v) is 7.23. The van der Waals surface area contributed by atoms with Crippen molar-refractivity contribution in [3.8, 4) is 0 Å². The van der Waals surface area contributed by atoms with Crippen LogP contribution in [-0.4, -0.2) is 47.2 Å². The molecule has 6 heteroatoms. The summed E-state index contributed by atoms with van der Waals surface area (Å²) in [7, 11) is 0. The summed E-state index contributed by atoms with van der Waals surface area (Å²) < 4.78 is 0. The smallest absolute Gasteiger partial charge is 0.232 e. The maximum absolute atomic E-state index is 12.3. The molecule has 1 aliphatic carbocycles. The van der Waals surface area contributed by atoms with E-state index in [4.69, 9.17) is 5.73 Å². The molecule has 2 N–H and O–H groups in total. The van der Waals surface area contributed by atoms with Crippen LogP contribution in [0.1, 0.15) is 23.2 Å². The summed E-state index contributed by atoms with van der Waals surface area (Å²) in [6.45, 7) is 1.66. The molecular weight excluding hydrogens is 332 g/mol. The van der Waals surface area contributed by atoms with Crippen LogP contribution < -0.4 is 5.73 Å². The van der Waals surface area contributed by atoms with E-state index in [2.05, 4.69) is 0 Å². The number of nitrogens with two attached hydrogens (primary N) is 1. The summed E-state index contributed by atoms with van der Waals surface area (Å²) >= 11 is 1.41. The molecule has 3 unspecified atom stereocenters. The molecule has 0 aromatic heterocycles. The topological polar surface area (TPSA) is 63.4 Å². The number of rotatable bonds is 5. The van der Waals surface area contributed by atoms with Crippen LogP contribution in [0.4, 0.5) is 0 Å². The number of thioether (sulfide) groups is 1. The van der Waals surface area contributed by atoms with Crippen molar-refractivity contribution in [3.63, 3.8) is 0 Å². The first-order chi connectivity index (χ1) is 10.6. The number of carbonyl (C=O) groups is 2. The Labute approximate surface area is 147 Å². The standard InChI is InChI=1S/C17H22N2O2S.ClH/c18-15-7-6-13-8-19(9-14(13)15)17(21)11-22-10-16(20)12-4-2-1-3-5-12;/h1-5,13-15H,6-11,18H2;1H. The van der Waals surface area contributed by atoms with Crippen molar-refractivity contribution in [2.45, 2.75) is 18.9 Å². The molecule has 1 aliphatic heterocycles. The molecule has 1 saturated carbocycles. The first kappa shape index (κ1) is 18.3. The molecular formula is C17H23ClN2O2S. The van der Waals surface area contributed by atoms with Crippen molar-refractivity contribution >= 4 is 35.9 Å². The number of amides is 1. The van der Waals surface area contributed by atoms with Crippen LogP contribution in [0, 0.1) is 11.8 Å². The highest BCUT2D eigenvalue weighted by Gasteiger charge is 2.42. The van der Waals surface area contributed by atoms with Gasteiger partial charge in [-0.1, -0.05) is 30.3 Å². The van der Waals surface area contributed by atoms with E-state index < -0.39 is 0 Å². The number of fused-ring (bicyclic) bond motifs is 1. The zero-order valence-electron chi connectivity index (χ0n) is 13.0. The van der Waals surface area contributed by atoms with E-state index in [-0.39, 0.29) is 30.1 Å². The number of Topliss-reactive ketones (excluding diaryl/α,β-unsaturated/α-hetero) is 1. The Balaban J connectivity index is 0.00000192. The average Bonchev–Trinajstić information content (AvgIpc) is 3.10. The lowest BCUT2D eigenvalue weighted by Crippen LogP contribution is -2.34. The van der Waals surface area contributed by atoms with Gasteiger partial charge in [-0.25, -0.2) is 0 Å². The minimum absolute atomic E-state index is 0. The van der Waals surface area contributed by atoms with Crippen molar-refractivity contribution in [1.29, 1.82) is 0 Å². The van der Waals surface area contributed by atoms with Crippen LogP contribution in [0.5, 0.6) is 0 Å². The molecule has 4 nitrogen and oxygen atoms in total. The number of ketones is 1. The van der Waals surface area contributed by atoms with Crippen LogP contribution in [0.3, 0.4) is 0 Å². The van der Waals surface area contributed by atoms with Gasteiger partial charge in [0.25, 0.3) is 0 Å². The number of hydrogen-bond donors (Lipinski definition) is 1. The quantitative estimate of drug-likeness (QED) is 0.823. The summed E-state index contributed by atoms with van der Waals surface area (Å²) in [6.07, 6.45) is 2.24. The Bertz CT molecular complexity index is 555. The number of likely N-dealkylation sites (tertiary alicyclic amines) is 1. The number of hydrogen-bond acceptors (Lipinski definition) is 4. The van der Waals surface area contributed by atoms with Gasteiger partial charge in [0.2, 0.25) is 5.91 Å². The summed E-state index contributed by atoms with van der Waals surface area (Å²) in [5, 5.41) is 0. The Hall–Kier alpha value is -1.04. The molecule has 1 aromatic rings. The molecule has 1 heterocycles. The highest BCUT2D eigenvalue weighted by molar-refractivity contribution is 8.00. The van der Waals surface area contributed by atoms with Crippen LogP contribution in [0.15, 0.2) is 30.3 Å². The van der Waals surface area contributed by atoms with Gasteiger partial charge in [-0.3, -0.25) is 9.59 Å². The molecule has 2 fully saturated rings. The van der Waals surface area contributed by atoms with Crippen molar-refractivity contribution < 1.29 is 9.59 Å². The predicted octanol–water partition coefficient (Wildman–Crippen LogP) is 2.22. The highest BCUT2D eigenvalue weighted by Crippen LogP contribution is 2.37. The third-order valence-electron chi connectivity index (χ3n) is 4.82. The molecule has 126 valence electrons. The van der Waals surface area contributed by atoms with Gasteiger partial charge in [0, 0.05) is 24.7 Å². The lowest BCUT2D eigenvalue weighted by atomic mass is 9.98. The fourth-order valence-corrected chi connectivity index (χ4v) is 4.35. The van der Waals surface area contributed by atoms with Crippen LogP contribution in [-0.2, 0) is 4.79 Å². The zero-order valence-corrected chi connectivity index (χ0v) is 14.7. The Kier molecular flexibility index (Phi) is 6.50. The Morgan fingerprint density at radius 2 is 1.87 bits per heavy atom. The van der Waals surface area contributed by atoms with E-state index >= 15 is 0 Å². The Morgan fingerprint density at radius 1 is 1.13 bits per heavy atom. The van der Waals surface area contributed by atoms with Crippen molar-refractivity contribution in [1.82, 2.24) is 4.90 Å². The number of carbonyl (C=O) groups excluding carboxylic acids is 2. The van der Waals surface area contributed by atoms with Gasteiger partial charge in [0.05, 0.1) is 11.5 Å². The average molecular weight is 355 g/mol. The van der Waals surface area contributed by atoms with Gasteiger partial charge in [0.15, 0.2) is 5.78 Å². The fourth-order valence-electron chi connectivity index (χ4n) is 3.54. The van der Waals surface area contributed by atoms with Crippen molar-refractivity contribution in [2.24, 2.45) is 17.6 Å². The molecule has 1 amide bonds. The first-order valence-electron chi connectivity index (χ1n) is 7.84. The number of benzene rings is 1. The monoisotopic (exact) mass is 354 g/mol. The van der Waals surface area contributed by atoms with Crippen LogP contribution >= 0.6 is 24.2 Å². The predicted molar refractivity (Wildman–Crippen MR) is 96.1 cm³/mol. The van der Waals surface area contributed by atoms with Crippen LogP contribution in [0.2, 0.25) is 0 Å². The molecule has 0 radical (unpaired) electrons. The van der Waals surface area contributed by atoms with Gasteiger partial charge in [-0.05, 0) is 24.7 Å². The first-order valence-corrected chi connectivity index (χ1v) is 9.00. The minimum Gasteiger partial charge on any atom is -0.341 e. The fraction of sp³-hybridized carbons (Fsp3) is 0.529. The zero-order chi connectivity index (χ0) is 15.5. The van der Waals surface area contributed by atoms with E-state index in [1.54, 1.807) is 0 Å². The second kappa shape index (κ2) is 8.18. The number of nitrogens with zero attached hydrogens (tertiary/aromatic N) is 1. The SMILES string of the molecule is Cl.NC1CCC2CN(C(=O)CSCC(=O)c3ccccc3)CC12. The Morgan fingerprint density at radius 3 is 2.57 bits per heavy atom. The van der Waals surface area contributed by atoms with Gasteiger partial charge < -0.3 is 10.6 Å². The molecule has 2 aliphatic rings. The normalized spacial score (nSPS) is 25.8. The molecule has 0 spiro atoms. The maximum atomic E-state index is 12.3. The number of halogens is 1. The van der Waals surface area contributed by atoms with Gasteiger partial charge in [-0.15, -0.1) is 24.2 Å². The summed E-state index contributed by atoms with van der Waals surface area (Å²) in [6, 6.07) is 9.49. The minimum atomic E-state index is 0. The third kappa shape index (κ3) is 4.28. The van der Waals surface area contributed by atoms with E-state index in [1.165, 1.54) is 11.8 Å². The lowest BCUT2D eigenvalue weighted by molar-refractivity contribution is -0.127. The van der Waals surface area contributed by atoms with Crippen molar-refractivity contribution in [3.05, 3.63) is 35.9 Å². The van der Waals surface area contributed by atoms with Crippen molar-refractivity contribution in [2.75, 3.05) is 24.6 Å². The van der Waals surface area contributed by atoms with Crippen LogP contribution in [0.25, 0.3) is 0 Å². The summed E-state index contributed by atoms with van der Waals surface area (Å²) in [5.74, 6) is 2.05. The molecule has 23 heavy (non-hydrogen) atoms. The second-order valence-electron chi connectivity index (χ2n) is 6.25. The molecule has 1 saturated heterocycles. The van der Waals surface area contributed by atoms with E-state index in [9.17, 15) is 9.59 Å².